The summed E-state index contributed by atoms with van der Waals surface area (Å²) in [6, 6.07) is 6.56. The van der Waals surface area contributed by atoms with E-state index in [1.54, 1.807) is 24.3 Å². The molecule has 1 aliphatic heterocycles. The highest BCUT2D eigenvalue weighted by atomic mass is 16.2. The van der Waals surface area contributed by atoms with Crippen molar-refractivity contribution in [3.8, 4) is 0 Å². The Bertz CT molecular complexity index is 1120. The Morgan fingerprint density at radius 3 is 2.26 bits per heavy atom. The summed E-state index contributed by atoms with van der Waals surface area (Å²) in [6.45, 7) is -0.0204. The number of amides is 4. The maximum absolute atomic E-state index is 12.5. The van der Waals surface area contributed by atoms with Crippen LogP contribution in [0.3, 0.4) is 0 Å². The molecule has 2 heterocycles. The molecular weight excluding hydrogens is 402 g/mol. The molecule has 0 radical (unpaired) electrons. The number of nitrogens with zero attached hydrogens (tertiary/aromatic N) is 3. The van der Waals surface area contributed by atoms with Crippen LogP contribution in [-0.4, -0.2) is 44.9 Å². The van der Waals surface area contributed by atoms with E-state index in [9.17, 15) is 24.0 Å². The summed E-state index contributed by atoms with van der Waals surface area (Å²) in [5, 5.41) is 4.70. The van der Waals surface area contributed by atoms with E-state index in [2.05, 4.69) is 16.0 Å². The van der Waals surface area contributed by atoms with E-state index in [0.29, 0.717) is 23.6 Å². The van der Waals surface area contributed by atoms with Crippen molar-refractivity contribution in [2.75, 3.05) is 6.54 Å². The molecule has 1 aromatic heterocycles. The molecule has 1 aliphatic carbocycles. The number of benzene rings is 1. The molecule has 1 aromatic carbocycles. The first-order valence-corrected chi connectivity index (χ1v) is 10.3. The molecule has 10 heteroatoms. The fourth-order valence-electron chi connectivity index (χ4n) is 4.38. The van der Waals surface area contributed by atoms with E-state index >= 15 is 0 Å². The van der Waals surface area contributed by atoms with Crippen molar-refractivity contribution in [2.45, 2.75) is 32.1 Å². The molecule has 2 N–H and O–H groups in total. The lowest BCUT2D eigenvalue weighted by atomic mass is 9.81. The van der Waals surface area contributed by atoms with Crippen LogP contribution >= 0.6 is 0 Å². The largest absolute Gasteiger partial charge is 0.290 e. The summed E-state index contributed by atoms with van der Waals surface area (Å²) in [6.07, 6.45) is 3.18. The molecule has 31 heavy (non-hydrogen) atoms. The van der Waals surface area contributed by atoms with Gasteiger partial charge in [-0.25, -0.2) is 4.68 Å². The van der Waals surface area contributed by atoms with Crippen LogP contribution in [0.15, 0.2) is 29.1 Å². The predicted molar refractivity (Wildman–Crippen MR) is 109 cm³/mol. The molecule has 0 bridgehead atoms. The topological polar surface area (TPSA) is 130 Å². The van der Waals surface area contributed by atoms with Gasteiger partial charge in [0, 0.05) is 25.4 Å². The first kappa shape index (κ1) is 20.7. The van der Waals surface area contributed by atoms with Crippen molar-refractivity contribution >= 4 is 34.4 Å². The molecule has 4 amide bonds. The molecule has 2 unspecified atom stereocenters. The number of rotatable bonds is 4. The first-order chi connectivity index (χ1) is 14.9. The highest BCUT2D eigenvalue weighted by Gasteiger charge is 2.47. The molecule has 1 saturated heterocycles. The minimum Gasteiger partial charge on any atom is -0.282 e. The van der Waals surface area contributed by atoms with Gasteiger partial charge in [0.1, 0.15) is 0 Å². The number of hydrogen-bond acceptors (Lipinski definition) is 6. The zero-order valence-corrected chi connectivity index (χ0v) is 17.1. The van der Waals surface area contributed by atoms with Gasteiger partial charge in [-0.3, -0.25) is 39.7 Å². The second kappa shape index (κ2) is 8.29. The van der Waals surface area contributed by atoms with Crippen LogP contribution in [0.25, 0.3) is 10.8 Å². The molecule has 0 spiro atoms. The zero-order chi connectivity index (χ0) is 22.1. The van der Waals surface area contributed by atoms with Gasteiger partial charge in [-0.05, 0) is 18.9 Å². The van der Waals surface area contributed by atoms with Crippen LogP contribution in [-0.2, 0) is 21.4 Å². The van der Waals surface area contributed by atoms with E-state index in [0.717, 1.165) is 17.5 Å². The van der Waals surface area contributed by atoms with Crippen molar-refractivity contribution in [1.82, 2.24) is 25.5 Å². The average Bonchev–Trinajstić information content (AvgIpc) is 3.03. The molecule has 1 saturated carbocycles. The Kier molecular flexibility index (Phi) is 5.53. The Balaban J connectivity index is 1.37. The first-order valence-electron chi connectivity index (χ1n) is 10.3. The lowest BCUT2D eigenvalue weighted by Crippen LogP contribution is -2.44. The third kappa shape index (κ3) is 3.80. The third-order valence-electron chi connectivity index (χ3n) is 5.98. The maximum Gasteiger partial charge on any atom is 0.290 e. The summed E-state index contributed by atoms with van der Waals surface area (Å²) in [5.74, 6) is -2.14. The van der Waals surface area contributed by atoms with E-state index in [-0.39, 0.29) is 47.9 Å². The highest BCUT2D eigenvalue weighted by molar-refractivity contribution is 6.06. The molecule has 2 fully saturated rings. The number of likely N-dealkylation sites (tertiary alicyclic amines) is 1. The van der Waals surface area contributed by atoms with Crippen LogP contribution in [0.1, 0.15) is 42.6 Å². The monoisotopic (exact) mass is 425 g/mol. The third-order valence-corrected chi connectivity index (χ3v) is 5.98. The number of aromatic nitrogens is 2. The van der Waals surface area contributed by atoms with Gasteiger partial charge in [0.25, 0.3) is 11.5 Å². The van der Waals surface area contributed by atoms with Crippen LogP contribution in [0.4, 0.5) is 0 Å². The van der Waals surface area contributed by atoms with Crippen molar-refractivity contribution < 1.29 is 19.2 Å². The zero-order valence-electron chi connectivity index (χ0n) is 17.1. The Hall–Kier alpha value is -3.56. The summed E-state index contributed by atoms with van der Waals surface area (Å²) in [7, 11) is 1.44. The molecule has 162 valence electrons. The van der Waals surface area contributed by atoms with Crippen LogP contribution in [0.2, 0.25) is 0 Å². The number of hydrogen-bond donors (Lipinski definition) is 2. The Morgan fingerprint density at radius 1 is 1.00 bits per heavy atom. The lowest BCUT2D eigenvalue weighted by molar-refractivity contribution is -0.140. The Labute approximate surface area is 177 Å². The van der Waals surface area contributed by atoms with Gasteiger partial charge in [-0.15, -0.1) is 0 Å². The van der Waals surface area contributed by atoms with Crippen LogP contribution in [0.5, 0.6) is 0 Å². The molecular formula is C21H23N5O5. The van der Waals surface area contributed by atoms with E-state index in [1.165, 1.54) is 11.9 Å². The Morgan fingerprint density at radius 2 is 1.61 bits per heavy atom. The normalized spacial score (nSPS) is 20.6. The fourth-order valence-corrected chi connectivity index (χ4v) is 4.38. The lowest BCUT2D eigenvalue weighted by Gasteiger charge is -2.19. The van der Waals surface area contributed by atoms with Gasteiger partial charge in [0.2, 0.25) is 17.7 Å². The molecule has 10 nitrogen and oxygen atoms in total. The van der Waals surface area contributed by atoms with Gasteiger partial charge in [-0.2, -0.15) is 5.10 Å². The van der Waals surface area contributed by atoms with Crippen molar-refractivity contribution in [2.24, 2.45) is 18.9 Å². The molecule has 2 aromatic rings. The van der Waals surface area contributed by atoms with Crippen LogP contribution in [0, 0.1) is 11.8 Å². The predicted octanol–water partition coefficient (Wildman–Crippen LogP) is 0.260. The van der Waals surface area contributed by atoms with Gasteiger partial charge in [0.05, 0.1) is 17.2 Å². The van der Waals surface area contributed by atoms with Gasteiger partial charge in [0.15, 0.2) is 5.69 Å². The number of imide groups is 1. The molecule has 2 atom stereocenters. The molecule has 2 aliphatic rings. The fraction of sp³-hybridized carbons (Fsp3) is 0.429. The summed E-state index contributed by atoms with van der Waals surface area (Å²) in [4.78, 5) is 63.0. The van der Waals surface area contributed by atoms with Gasteiger partial charge in [-0.1, -0.05) is 31.0 Å². The average molecular weight is 425 g/mol. The number of carbonyl (C=O) groups excluding carboxylic acids is 4. The van der Waals surface area contributed by atoms with E-state index < -0.39 is 11.8 Å². The number of hydrazine groups is 1. The summed E-state index contributed by atoms with van der Waals surface area (Å²) in [5.41, 5.74) is 4.22. The number of nitrogens with one attached hydrogen (secondary N) is 2. The van der Waals surface area contributed by atoms with E-state index in [1.807, 2.05) is 0 Å². The van der Waals surface area contributed by atoms with Crippen molar-refractivity contribution in [3.05, 3.63) is 40.3 Å². The second-order valence-electron chi connectivity index (χ2n) is 7.90. The highest BCUT2D eigenvalue weighted by Crippen LogP contribution is 2.37. The standard InChI is InChI=1S/C21H23N5O5/c1-25-19(29)13-7-3-2-6-12(13)17(24-25)18(28)23-22-16(27)10-11-26-20(30)14-8-4-5-9-15(14)21(26)31/h2-3,6-7,14-15H,4-5,8-11H2,1H3,(H,22,27)(H,23,28). The van der Waals surface area contributed by atoms with Crippen molar-refractivity contribution in [1.29, 1.82) is 0 Å². The number of fused-ring (bicyclic) bond motifs is 2. The number of carbonyl (C=O) groups is 4. The second-order valence-corrected chi connectivity index (χ2v) is 7.90. The van der Waals surface area contributed by atoms with Crippen LogP contribution < -0.4 is 16.4 Å². The van der Waals surface area contributed by atoms with Gasteiger partial charge >= 0.3 is 0 Å². The van der Waals surface area contributed by atoms with Crippen molar-refractivity contribution in [3.63, 3.8) is 0 Å². The quantitative estimate of drug-likeness (QED) is 0.534. The minimum absolute atomic E-state index is 0.00743. The summed E-state index contributed by atoms with van der Waals surface area (Å²) < 4.78 is 1.06. The smallest absolute Gasteiger partial charge is 0.282 e. The summed E-state index contributed by atoms with van der Waals surface area (Å²) >= 11 is 0. The number of aryl methyl sites for hydroxylation is 1. The van der Waals surface area contributed by atoms with Gasteiger partial charge < -0.3 is 0 Å². The van der Waals surface area contributed by atoms with E-state index in [4.69, 9.17) is 0 Å². The molecule has 4 rings (SSSR count). The minimum atomic E-state index is -0.681. The SMILES string of the molecule is Cn1nc(C(=O)NNC(=O)CCN2C(=O)C3CCCCC3C2=O)c2ccccc2c1=O. The maximum atomic E-state index is 12.5.